The maximum atomic E-state index is 12.8. The minimum Gasteiger partial charge on any atom is -0.490 e. The van der Waals surface area contributed by atoms with Crippen molar-refractivity contribution in [1.82, 2.24) is 4.98 Å². The number of hydrogen-bond donors (Lipinski definition) is 0. The van der Waals surface area contributed by atoms with Gasteiger partial charge in [-0.05, 0) is 32.0 Å². The predicted octanol–water partition coefficient (Wildman–Crippen LogP) is 2.67. The number of benzene rings is 1. The van der Waals surface area contributed by atoms with Gasteiger partial charge in [0.1, 0.15) is 17.2 Å². The second kappa shape index (κ2) is 6.37. The third-order valence-corrected chi connectivity index (χ3v) is 4.43. The average Bonchev–Trinajstić information content (AvgIpc) is 2.99. The van der Waals surface area contributed by atoms with Crippen molar-refractivity contribution in [3.05, 3.63) is 39.8 Å². The lowest BCUT2D eigenvalue weighted by molar-refractivity contribution is 0.0526. The van der Waals surface area contributed by atoms with Gasteiger partial charge in [0.05, 0.1) is 35.6 Å². The molecule has 2 heterocycles. The molecule has 1 amide bonds. The number of fused-ring (bicyclic) bond motifs is 1. The van der Waals surface area contributed by atoms with Crippen molar-refractivity contribution in [1.29, 1.82) is 0 Å². The van der Waals surface area contributed by atoms with E-state index in [0.717, 1.165) is 0 Å². The summed E-state index contributed by atoms with van der Waals surface area (Å²) in [6, 6.07) is 4.98. The van der Waals surface area contributed by atoms with Crippen LogP contribution in [-0.2, 0) is 4.74 Å². The minimum absolute atomic E-state index is 0.129. The Morgan fingerprint density at radius 3 is 2.96 bits per heavy atom. The van der Waals surface area contributed by atoms with Crippen LogP contribution in [0.2, 0.25) is 0 Å². The van der Waals surface area contributed by atoms with Gasteiger partial charge in [0, 0.05) is 0 Å². The Hall–Kier alpha value is -2.41. The van der Waals surface area contributed by atoms with Crippen molar-refractivity contribution in [3.8, 4) is 5.75 Å². The second-order valence-electron chi connectivity index (χ2n) is 4.98. The van der Waals surface area contributed by atoms with Crippen LogP contribution >= 0.6 is 11.3 Å². The van der Waals surface area contributed by atoms with E-state index >= 15 is 0 Å². The fourth-order valence-corrected chi connectivity index (χ4v) is 3.15. The number of ether oxygens (including phenoxy) is 2. The van der Waals surface area contributed by atoms with Crippen molar-refractivity contribution in [3.63, 3.8) is 0 Å². The molecule has 1 aliphatic heterocycles. The van der Waals surface area contributed by atoms with Gasteiger partial charge in [0.2, 0.25) is 0 Å². The molecule has 1 aromatic carbocycles. The van der Waals surface area contributed by atoms with Crippen LogP contribution in [-0.4, -0.2) is 36.6 Å². The van der Waals surface area contributed by atoms with E-state index in [1.165, 1.54) is 11.3 Å². The Morgan fingerprint density at radius 2 is 2.26 bits per heavy atom. The number of carbonyl (C=O) groups is 2. The highest BCUT2D eigenvalue weighted by atomic mass is 32.1. The lowest BCUT2D eigenvalue weighted by Gasteiger charge is -2.29. The summed E-state index contributed by atoms with van der Waals surface area (Å²) < 4.78 is 10.6. The van der Waals surface area contributed by atoms with Gasteiger partial charge in [-0.25, -0.2) is 9.78 Å². The van der Waals surface area contributed by atoms with E-state index in [4.69, 9.17) is 9.47 Å². The number of thiazole rings is 1. The number of aromatic nitrogens is 1. The van der Waals surface area contributed by atoms with Gasteiger partial charge < -0.3 is 14.4 Å². The van der Waals surface area contributed by atoms with E-state index in [0.29, 0.717) is 47.3 Å². The van der Waals surface area contributed by atoms with Crippen molar-refractivity contribution < 1.29 is 19.1 Å². The van der Waals surface area contributed by atoms with Gasteiger partial charge >= 0.3 is 5.97 Å². The molecule has 2 aromatic rings. The van der Waals surface area contributed by atoms with Crippen molar-refractivity contribution >= 4 is 28.9 Å². The summed E-state index contributed by atoms with van der Waals surface area (Å²) in [5.74, 6) is 0.0395. The molecule has 0 spiro atoms. The molecule has 0 saturated heterocycles. The first kappa shape index (κ1) is 15.5. The Bertz CT molecular complexity index is 756. The smallest absolute Gasteiger partial charge is 0.338 e. The maximum absolute atomic E-state index is 12.8. The van der Waals surface area contributed by atoms with Crippen LogP contribution in [0.1, 0.15) is 32.6 Å². The topological polar surface area (TPSA) is 68.7 Å². The SMILES string of the molecule is CCOC(=O)c1ccc2c(c1)N(C(=O)c1scnc1C)CCO2. The lowest BCUT2D eigenvalue weighted by atomic mass is 10.1. The normalized spacial score (nSPS) is 13.2. The van der Waals surface area contributed by atoms with Crippen LogP contribution < -0.4 is 9.64 Å². The van der Waals surface area contributed by atoms with E-state index in [2.05, 4.69) is 4.98 Å². The zero-order valence-corrected chi connectivity index (χ0v) is 13.7. The van der Waals surface area contributed by atoms with E-state index in [-0.39, 0.29) is 5.91 Å². The summed E-state index contributed by atoms with van der Waals surface area (Å²) in [6.45, 7) is 4.70. The maximum Gasteiger partial charge on any atom is 0.338 e. The molecule has 3 rings (SSSR count). The van der Waals surface area contributed by atoms with Crippen molar-refractivity contribution in [2.24, 2.45) is 0 Å². The van der Waals surface area contributed by atoms with Crippen LogP contribution in [0.4, 0.5) is 5.69 Å². The molecule has 120 valence electrons. The fraction of sp³-hybridized carbons (Fsp3) is 0.312. The van der Waals surface area contributed by atoms with Crippen LogP contribution in [0, 0.1) is 6.92 Å². The van der Waals surface area contributed by atoms with Gasteiger partial charge in [0.15, 0.2) is 0 Å². The minimum atomic E-state index is -0.415. The summed E-state index contributed by atoms with van der Waals surface area (Å²) in [5, 5.41) is 0. The van der Waals surface area contributed by atoms with Crippen molar-refractivity contribution in [2.75, 3.05) is 24.7 Å². The third kappa shape index (κ3) is 2.92. The molecule has 0 radical (unpaired) electrons. The molecule has 0 fully saturated rings. The molecule has 1 aliphatic rings. The molecule has 1 aromatic heterocycles. The molecule has 0 saturated carbocycles. The predicted molar refractivity (Wildman–Crippen MR) is 86.4 cm³/mol. The highest BCUT2D eigenvalue weighted by molar-refractivity contribution is 7.12. The standard InChI is InChI=1S/C16H16N2O4S/c1-3-21-16(20)11-4-5-13-12(8-11)18(6-7-22-13)15(19)14-10(2)17-9-23-14/h4-5,8-9H,3,6-7H2,1-2H3. The average molecular weight is 332 g/mol. The summed E-state index contributed by atoms with van der Waals surface area (Å²) >= 11 is 1.31. The number of anilines is 1. The summed E-state index contributed by atoms with van der Waals surface area (Å²) in [7, 11) is 0. The molecule has 0 aliphatic carbocycles. The lowest BCUT2D eigenvalue weighted by Crippen LogP contribution is -2.38. The monoisotopic (exact) mass is 332 g/mol. The zero-order chi connectivity index (χ0) is 16.4. The molecule has 0 atom stereocenters. The van der Waals surface area contributed by atoms with Gasteiger partial charge in [-0.3, -0.25) is 4.79 Å². The zero-order valence-electron chi connectivity index (χ0n) is 12.9. The Balaban J connectivity index is 1.97. The highest BCUT2D eigenvalue weighted by Gasteiger charge is 2.27. The summed E-state index contributed by atoms with van der Waals surface area (Å²) in [4.78, 5) is 31.0. The first-order valence-corrected chi connectivity index (χ1v) is 8.15. The van der Waals surface area contributed by atoms with E-state index in [9.17, 15) is 9.59 Å². The molecular formula is C16H16N2O4S. The van der Waals surface area contributed by atoms with Gasteiger partial charge in [-0.1, -0.05) is 0 Å². The van der Waals surface area contributed by atoms with Gasteiger partial charge in [-0.15, -0.1) is 11.3 Å². The first-order chi connectivity index (χ1) is 11.1. The van der Waals surface area contributed by atoms with Gasteiger partial charge in [0.25, 0.3) is 5.91 Å². The Morgan fingerprint density at radius 1 is 1.43 bits per heavy atom. The van der Waals surface area contributed by atoms with E-state index < -0.39 is 5.97 Å². The molecule has 0 N–H and O–H groups in total. The molecule has 6 nitrogen and oxygen atoms in total. The van der Waals surface area contributed by atoms with Crippen LogP contribution in [0.25, 0.3) is 0 Å². The number of carbonyl (C=O) groups excluding carboxylic acids is 2. The molecule has 23 heavy (non-hydrogen) atoms. The fourth-order valence-electron chi connectivity index (χ4n) is 2.40. The molecular weight excluding hydrogens is 316 g/mol. The quantitative estimate of drug-likeness (QED) is 0.808. The van der Waals surface area contributed by atoms with Gasteiger partial charge in [-0.2, -0.15) is 0 Å². The molecule has 0 bridgehead atoms. The summed E-state index contributed by atoms with van der Waals surface area (Å²) in [5.41, 5.74) is 3.34. The summed E-state index contributed by atoms with van der Waals surface area (Å²) in [6.07, 6.45) is 0. The Kier molecular flexibility index (Phi) is 4.29. The number of hydrogen-bond acceptors (Lipinski definition) is 6. The molecule has 7 heteroatoms. The number of amides is 1. The largest absolute Gasteiger partial charge is 0.490 e. The number of rotatable bonds is 3. The second-order valence-corrected chi connectivity index (χ2v) is 5.83. The number of esters is 1. The van der Waals surface area contributed by atoms with Crippen LogP contribution in [0.15, 0.2) is 23.7 Å². The van der Waals surface area contributed by atoms with Crippen LogP contribution in [0.5, 0.6) is 5.75 Å². The number of nitrogens with zero attached hydrogens (tertiary/aromatic N) is 2. The van der Waals surface area contributed by atoms with Crippen molar-refractivity contribution in [2.45, 2.75) is 13.8 Å². The third-order valence-electron chi connectivity index (χ3n) is 3.52. The van der Waals surface area contributed by atoms with E-state index in [1.807, 2.05) is 0 Å². The first-order valence-electron chi connectivity index (χ1n) is 7.27. The van der Waals surface area contributed by atoms with Crippen LogP contribution in [0.3, 0.4) is 0 Å². The highest BCUT2D eigenvalue weighted by Crippen LogP contribution is 2.34. The Labute approximate surface area is 137 Å². The number of aryl methyl sites for hydroxylation is 1. The molecule has 0 unspecified atom stereocenters. The van der Waals surface area contributed by atoms with E-state index in [1.54, 1.807) is 42.5 Å².